The van der Waals surface area contributed by atoms with Gasteiger partial charge in [-0.1, -0.05) is 56.3 Å². The number of amides is 2. The second-order valence-corrected chi connectivity index (χ2v) is 7.18. The number of hydrogen-bond acceptors (Lipinski definition) is 6. The predicted octanol–water partition coefficient (Wildman–Crippen LogP) is 5.67. The summed E-state index contributed by atoms with van der Waals surface area (Å²) in [4.78, 5) is 37.9. The van der Waals surface area contributed by atoms with Crippen LogP contribution in [-0.2, 0) is 33.2 Å². The summed E-state index contributed by atoms with van der Waals surface area (Å²) < 4.78 is 0. The maximum Gasteiger partial charge on any atom is 0.0708 e. The van der Waals surface area contributed by atoms with Crippen LogP contribution in [0.25, 0.3) is 34.0 Å². The smallest absolute Gasteiger partial charge is 0.0708 e. The van der Waals surface area contributed by atoms with Crippen molar-refractivity contribution in [2.75, 3.05) is 19.8 Å². The summed E-state index contributed by atoms with van der Waals surface area (Å²) in [6, 6.07) is 16.6. The van der Waals surface area contributed by atoms with E-state index in [0.717, 1.165) is 5.52 Å². The van der Waals surface area contributed by atoms with E-state index in [0.29, 0.717) is 25.8 Å². The number of imide groups is 1. The van der Waals surface area contributed by atoms with Gasteiger partial charge in [-0.05, 0) is 24.3 Å². The molecule has 0 aliphatic carbocycles. The molecule has 3 aromatic rings. The van der Waals surface area contributed by atoms with Crippen LogP contribution in [0.4, 0.5) is 0 Å². The molecule has 0 saturated carbocycles. The normalized spacial score (nSPS) is 10.9. The first-order valence-corrected chi connectivity index (χ1v) is 13.6. The van der Waals surface area contributed by atoms with E-state index in [1.165, 1.54) is 33.2 Å². The topological polar surface area (TPSA) is 195 Å². The Morgan fingerprint density at radius 1 is 0.842 bits per heavy atom. The maximum absolute atomic E-state index is 11.1. The molecule has 1 aliphatic rings. The number of carbonyl (C=O) groups excluding carboxylic acids is 2. The average Bonchev–Trinajstić information content (AvgIpc) is 3.22. The van der Waals surface area contributed by atoms with Crippen LogP contribution < -0.4 is 0 Å². The number of rotatable bonds is 7. The minimum absolute atomic E-state index is 0. The van der Waals surface area contributed by atoms with Crippen molar-refractivity contribution in [3.63, 3.8) is 0 Å². The quantitative estimate of drug-likeness (QED) is 0.158. The molecule has 0 spiro atoms. The largest absolute Gasteiger partial charge is 0.693 e. The molecule has 0 fully saturated rings. The fourth-order valence-electron chi connectivity index (χ4n) is 3.18. The number of aromatic nitrogens is 1. The zero-order valence-corrected chi connectivity index (χ0v) is 23.1. The molecule has 0 unspecified atom stereocenters. The van der Waals surface area contributed by atoms with Gasteiger partial charge in [-0.3, -0.25) is 24.3 Å². The molecule has 4 rings (SSSR count). The third-order valence-electron chi connectivity index (χ3n) is 4.77. The first kappa shape index (κ1) is 39.8. The molecule has 2 amide bonds. The number of nitrogens with zero attached hydrogens (tertiary/aromatic N) is 2. The zero-order chi connectivity index (χ0) is 26.1. The van der Waals surface area contributed by atoms with Gasteiger partial charge < -0.3 is 27.6 Å². The predicted molar refractivity (Wildman–Crippen MR) is 149 cm³/mol. The van der Waals surface area contributed by atoms with Gasteiger partial charge in [0.2, 0.25) is 0 Å². The van der Waals surface area contributed by atoms with Crippen LogP contribution in [-0.4, -0.2) is 62.7 Å². The Labute approximate surface area is 238 Å². The maximum atomic E-state index is 11.1. The van der Waals surface area contributed by atoms with Gasteiger partial charge in [-0.15, -0.1) is 0 Å². The van der Waals surface area contributed by atoms with E-state index >= 15 is 0 Å². The van der Waals surface area contributed by atoms with Crippen LogP contribution >= 0.6 is 9.42 Å². The summed E-state index contributed by atoms with van der Waals surface area (Å²) in [5.41, 5.74) is 1.06. The molecule has 38 heavy (non-hydrogen) atoms. The Morgan fingerprint density at radius 2 is 1.37 bits per heavy atom. The molecule has 1 aliphatic heterocycles. The molecule has 0 saturated heterocycles. The summed E-state index contributed by atoms with van der Waals surface area (Å²) in [6.45, 7) is 0.129. The first-order valence-electron chi connectivity index (χ1n) is 10.8. The van der Waals surface area contributed by atoms with E-state index in [-0.39, 0.29) is 51.2 Å². The van der Waals surface area contributed by atoms with Gasteiger partial charge in [-0.2, -0.15) is 0 Å². The second-order valence-electron chi connectivity index (χ2n) is 7.18. The van der Waals surface area contributed by atoms with Crippen molar-refractivity contribution >= 4 is 48.9 Å². The number of carboxylic acid groups (broad SMARTS) is 1. The van der Waals surface area contributed by atoms with Crippen molar-refractivity contribution in [3.05, 3.63) is 79.2 Å². The van der Waals surface area contributed by atoms with Crippen LogP contribution in [0.15, 0.2) is 66.9 Å². The van der Waals surface area contributed by atoms with E-state index in [4.69, 9.17) is 15.3 Å². The number of benzene rings is 2. The van der Waals surface area contributed by atoms with Gasteiger partial charge >= 0.3 is 34.2 Å². The number of unbranched alkanes of at least 4 members (excludes halogenated alkanes) is 2. The fraction of sp³-hybridized carbons (Fsp3) is 0.308. The van der Waals surface area contributed by atoms with Gasteiger partial charge in [0.1, 0.15) is 0 Å². The van der Waals surface area contributed by atoms with Crippen LogP contribution in [0.1, 0.15) is 33.1 Å². The van der Waals surface area contributed by atoms with Crippen LogP contribution in [0.2, 0.25) is 0 Å². The fourth-order valence-corrected chi connectivity index (χ4v) is 3.18. The number of pyridine rings is 1. The number of fused-ring (bicyclic) bond motifs is 3. The Balaban J connectivity index is -0.000000502. The van der Waals surface area contributed by atoms with Crippen LogP contribution in [0.3, 0.4) is 0 Å². The Hall–Kier alpha value is -2.72. The number of aliphatic hydroxyl groups is 2. The summed E-state index contributed by atoms with van der Waals surface area (Å²) in [5.74, 6) is -1.37. The van der Waals surface area contributed by atoms with Gasteiger partial charge in [-0.25, -0.2) is 0 Å². The Bertz CT molecular complexity index is 1060. The molecule has 10 nitrogen and oxygen atoms in total. The van der Waals surface area contributed by atoms with Gasteiger partial charge in [0.15, 0.2) is 0 Å². The summed E-state index contributed by atoms with van der Waals surface area (Å²) in [6.07, 6.45) is 6.52. The number of carbonyl (C=O) groups is 3. The molecule has 2 aromatic carbocycles. The number of carboxylic acids is 1. The van der Waals surface area contributed by atoms with Crippen molar-refractivity contribution in [2.24, 2.45) is 0 Å². The van der Waals surface area contributed by atoms with Crippen molar-refractivity contribution < 1.29 is 48.5 Å². The van der Waals surface area contributed by atoms with E-state index in [1.807, 2.05) is 24.4 Å². The molecule has 2 heterocycles. The first-order chi connectivity index (χ1) is 17.0. The monoisotopic (exact) mass is 730 g/mol. The van der Waals surface area contributed by atoms with Gasteiger partial charge in [0.25, 0.3) is 11.8 Å². The molecule has 0 radical (unpaired) electrons. The number of hydrogen-bond donors (Lipinski definition) is 3. The van der Waals surface area contributed by atoms with Crippen molar-refractivity contribution in [1.29, 1.82) is 0 Å². The molecule has 215 valence electrons. The van der Waals surface area contributed by atoms with Gasteiger partial charge in [0, 0.05) is 42.1 Å². The average molecular weight is 731 g/mol. The second kappa shape index (κ2) is 23.4. The standard InChI is InChI=1S/C13H9N.C10H13NO4.C2H6O2.CH4.ClH.2H2N.Pt/c1-2-6-11-10(5-1)9-14-13-8-4-3-7-12(11)13;12-8-5-6-9(13)11(8)7-3-1-2-4-10(14)15;3-1-2-4;;;;;/h1-9H;5-6H,1-4,7H2,(H,14,15);3-4H,1-2H2;1H4;1H;2*1H2;/q;;;;;2*-1;+1/p-1. The molecule has 0 bridgehead atoms. The molecular formula is C26H36ClN4O6Pt-2. The van der Waals surface area contributed by atoms with E-state index < -0.39 is 5.97 Å². The Kier molecular flexibility index (Phi) is 24.5. The third-order valence-corrected chi connectivity index (χ3v) is 4.77. The summed E-state index contributed by atoms with van der Waals surface area (Å²) >= 11 is 1.61. The number of halogens is 1. The minimum Gasteiger partial charge on any atom is -0.693 e. The minimum atomic E-state index is -0.815. The number of para-hydroxylation sites is 1. The van der Waals surface area contributed by atoms with Crippen molar-refractivity contribution in [2.45, 2.75) is 33.1 Å². The molecule has 7 N–H and O–H groups in total. The Morgan fingerprint density at radius 3 is 1.92 bits per heavy atom. The van der Waals surface area contributed by atoms with Crippen molar-refractivity contribution in [1.82, 2.24) is 9.88 Å². The van der Waals surface area contributed by atoms with E-state index in [9.17, 15) is 14.4 Å². The molecular weight excluding hydrogens is 695 g/mol. The van der Waals surface area contributed by atoms with Crippen LogP contribution in [0, 0.1) is 0 Å². The number of nitrogens with two attached hydrogens (primary N) is 2. The van der Waals surface area contributed by atoms with Crippen LogP contribution in [0.5, 0.6) is 0 Å². The summed E-state index contributed by atoms with van der Waals surface area (Å²) in [5, 5.41) is 27.3. The number of aliphatic hydroxyl groups excluding tert-OH is 2. The van der Waals surface area contributed by atoms with E-state index in [1.54, 1.807) is 18.8 Å². The van der Waals surface area contributed by atoms with E-state index in [2.05, 4.69) is 44.7 Å². The SMILES string of the molecule is C.O=C(O)CCCCCN1C(=O)C=CC1=O.OCCO.[Cl][Pt].[NH2-].[NH2-].c1ccc2c(c1)cnc1ccccc12. The number of aliphatic carboxylic acids is 1. The third kappa shape index (κ3) is 13.7. The molecule has 0 atom stereocenters. The van der Waals surface area contributed by atoms with Gasteiger partial charge in [0.05, 0.1) is 18.7 Å². The molecule has 1 aromatic heterocycles. The summed E-state index contributed by atoms with van der Waals surface area (Å²) in [7, 11) is 4.61. The molecule has 12 heteroatoms. The van der Waals surface area contributed by atoms with Crippen molar-refractivity contribution in [3.8, 4) is 0 Å². The zero-order valence-electron chi connectivity index (χ0n) is 20.1.